The van der Waals surface area contributed by atoms with E-state index >= 15 is 0 Å². The maximum Gasteiger partial charge on any atom is 0.494 e. The second-order valence-corrected chi connectivity index (χ2v) is 8.27. The van der Waals surface area contributed by atoms with E-state index in [0.29, 0.717) is 12.5 Å². The smallest absolute Gasteiger partial charge is 0.465 e. The van der Waals surface area contributed by atoms with E-state index in [0.717, 1.165) is 11.0 Å². The zero-order valence-electron chi connectivity index (χ0n) is 16.4. The highest BCUT2D eigenvalue weighted by molar-refractivity contribution is 6.62. The fourth-order valence-electron chi connectivity index (χ4n) is 2.95. The highest BCUT2D eigenvalue weighted by Gasteiger charge is 2.51. The first kappa shape index (κ1) is 19.8. The van der Waals surface area contributed by atoms with Crippen LogP contribution >= 0.6 is 0 Å². The Bertz CT molecular complexity index is 596. The van der Waals surface area contributed by atoms with Gasteiger partial charge in [0.2, 0.25) is 0 Å². The van der Waals surface area contributed by atoms with Crippen LogP contribution in [0.4, 0.5) is 4.79 Å². The Labute approximate surface area is 151 Å². The van der Waals surface area contributed by atoms with Crippen molar-refractivity contribution in [3.63, 3.8) is 0 Å². The van der Waals surface area contributed by atoms with Gasteiger partial charge in [-0.3, -0.25) is 0 Å². The van der Waals surface area contributed by atoms with Crippen molar-refractivity contribution in [2.24, 2.45) is 5.92 Å². The fraction of sp³-hybridized carbons (Fsp3) is 0.632. The molecule has 1 heterocycles. The molecule has 1 unspecified atom stereocenters. The normalized spacial score (nSPS) is 19.9. The molecular weight excluding hydrogens is 317 g/mol. The number of likely N-dealkylation sites (N-methyl/N-ethyl adjacent to an activating group) is 1. The molecule has 0 radical (unpaired) electrons. The monoisotopic (exact) mass is 347 g/mol. The molecule has 1 aromatic carbocycles. The molecule has 138 valence electrons. The van der Waals surface area contributed by atoms with Crippen LogP contribution < -0.4 is 5.46 Å². The summed E-state index contributed by atoms with van der Waals surface area (Å²) < 4.78 is 12.2. The number of hydrogen-bond acceptors (Lipinski definition) is 3. The Hall–Kier alpha value is -1.53. The lowest BCUT2D eigenvalue weighted by Gasteiger charge is -2.32. The van der Waals surface area contributed by atoms with Crippen LogP contribution in [0.15, 0.2) is 24.3 Å². The summed E-state index contributed by atoms with van der Waals surface area (Å²) in [5.41, 5.74) is 1.39. The summed E-state index contributed by atoms with van der Waals surface area (Å²) >= 11 is 0. The molecule has 1 aliphatic rings. The van der Waals surface area contributed by atoms with E-state index in [4.69, 9.17) is 14.4 Å². The van der Waals surface area contributed by atoms with E-state index in [1.54, 1.807) is 7.05 Å². The van der Waals surface area contributed by atoms with Gasteiger partial charge in [0.05, 0.1) is 11.2 Å². The molecule has 1 saturated heterocycles. The predicted octanol–water partition coefficient (Wildman–Crippen LogP) is 3.34. The summed E-state index contributed by atoms with van der Waals surface area (Å²) in [7, 11) is 1.23. The predicted molar refractivity (Wildman–Crippen MR) is 100 cm³/mol. The molecule has 0 aromatic heterocycles. The van der Waals surface area contributed by atoms with Gasteiger partial charge in [-0.1, -0.05) is 38.1 Å². The minimum absolute atomic E-state index is 0.147. The minimum atomic E-state index is -0.903. The van der Waals surface area contributed by atoms with Gasteiger partial charge in [0.25, 0.3) is 0 Å². The van der Waals surface area contributed by atoms with Crippen molar-refractivity contribution in [2.45, 2.75) is 58.7 Å². The van der Waals surface area contributed by atoms with Crippen LogP contribution in [0.1, 0.15) is 53.0 Å². The Morgan fingerprint density at radius 1 is 1.12 bits per heavy atom. The maximum absolute atomic E-state index is 11.1. The lowest BCUT2D eigenvalue weighted by molar-refractivity contribution is 0.00578. The topological polar surface area (TPSA) is 59.0 Å². The average molecular weight is 347 g/mol. The van der Waals surface area contributed by atoms with Gasteiger partial charge in [-0.15, -0.1) is 0 Å². The summed E-state index contributed by atoms with van der Waals surface area (Å²) in [6, 6.07) is 8.16. The largest absolute Gasteiger partial charge is 0.494 e. The zero-order valence-corrected chi connectivity index (χ0v) is 16.4. The van der Waals surface area contributed by atoms with Crippen molar-refractivity contribution in [3.05, 3.63) is 29.8 Å². The summed E-state index contributed by atoms with van der Waals surface area (Å²) in [5.74, 6) is 0.484. The van der Waals surface area contributed by atoms with Crippen molar-refractivity contribution >= 4 is 18.7 Å². The highest BCUT2D eigenvalue weighted by Crippen LogP contribution is 2.36. The molecule has 0 aliphatic carbocycles. The van der Waals surface area contributed by atoms with Crippen molar-refractivity contribution in [1.29, 1.82) is 0 Å². The Balaban J connectivity index is 2.17. The number of carboxylic acid groups (broad SMARTS) is 1. The fourth-order valence-corrected chi connectivity index (χ4v) is 2.95. The third-order valence-electron chi connectivity index (χ3n) is 5.49. The first-order chi connectivity index (χ1) is 11.4. The minimum Gasteiger partial charge on any atom is -0.465 e. The second-order valence-electron chi connectivity index (χ2n) is 8.27. The molecule has 2 rings (SSSR count). The maximum atomic E-state index is 11.1. The summed E-state index contributed by atoms with van der Waals surface area (Å²) in [6.45, 7) is 12.9. The molecule has 25 heavy (non-hydrogen) atoms. The summed E-state index contributed by atoms with van der Waals surface area (Å²) in [5, 5.41) is 9.14. The van der Waals surface area contributed by atoms with Gasteiger partial charge in [-0.25, -0.2) is 4.79 Å². The van der Waals surface area contributed by atoms with Gasteiger partial charge in [0.1, 0.15) is 0 Å². The van der Waals surface area contributed by atoms with E-state index in [-0.39, 0.29) is 24.2 Å². The highest BCUT2D eigenvalue weighted by atomic mass is 16.7. The zero-order chi connectivity index (χ0) is 19.0. The molecule has 1 aliphatic heterocycles. The van der Waals surface area contributed by atoms with E-state index in [1.807, 2.05) is 39.8 Å². The van der Waals surface area contributed by atoms with Crippen LogP contribution in [0.3, 0.4) is 0 Å². The molecule has 0 spiro atoms. The van der Waals surface area contributed by atoms with Crippen LogP contribution in [0, 0.1) is 5.92 Å². The Kier molecular flexibility index (Phi) is 5.54. The van der Waals surface area contributed by atoms with Crippen molar-refractivity contribution < 1.29 is 19.2 Å². The summed E-state index contributed by atoms with van der Waals surface area (Å²) in [4.78, 5) is 12.5. The molecule has 0 saturated carbocycles. The Morgan fingerprint density at radius 2 is 1.60 bits per heavy atom. The van der Waals surface area contributed by atoms with Crippen LogP contribution in [-0.4, -0.2) is 48.0 Å². The molecule has 1 aromatic rings. The number of carbonyl (C=O) groups is 1. The molecule has 0 bridgehead atoms. The van der Waals surface area contributed by atoms with Gasteiger partial charge < -0.3 is 19.3 Å². The van der Waals surface area contributed by atoms with Crippen LogP contribution in [0.5, 0.6) is 0 Å². The number of amides is 1. The number of benzene rings is 1. The quantitative estimate of drug-likeness (QED) is 0.830. The van der Waals surface area contributed by atoms with Crippen molar-refractivity contribution in [1.82, 2.24) is 4.90 Å². The van der Waals surface area contributed by atoms with Gasteiger partial charge in [0, 0.05) is 19.5 Å². The molecule has 1 N–H and O–H groups in total. The SMILES string of the molecule is CC(C)C(CN(C)C(=O)O)c1ccc(B2OC(C)(C)C(C)(C)O2)cc1. The number of rotatable bonds is 5. The van der Waals surface area contributed by atoms with Crippen molar-refractivity contribution in [2.75, 3.05) is 13.6 Å². The molecule has 5 nitrogen and oxygen atoms in total. The molecule has 1 atom stereocenters. The lowest BCUT2D eigenvalue weighted by Crippen LogP contribution is -2.41. The third-order valence-corrected chi connectivity index (χ3v) is 5.49. The van der Waals surface area contributed by atoms with E-state index in [1.165, 1.54) is 4.90 Å². The standard InChI is InChI=1S/C19H30BNO4/c1-13(2)16(12-21(7)17(22)23)14-8-10-15(11-9-14)20-24-18(3,4)19(5,6)25-20/h8-11,13,16H,12H2,1-7H3,(H,22,23). The molecule has 1 amide bonds. The third kappa shape index (κ3) is 4.18. The van der Waals surface area contributed by atoms with Gasteiger partial charge >= 0.3 is 13.2 Å². The number of hydrogen-bond donors (Lipinski definition) is 1. The summed E-state index contributed by atoms with van der Waals surface area (Å²) in [6.07, 6.45) is -0.903. The second kappa shape index (κ2) is 7.00. The van der Waals surface area contributed by atoms with Crippen LogP contribution in [0.2, 0.25) is 0 Å². The van der Waals surface area contributed by atoms with Crippen LogP contribution in [0.25, 0.3) is 0 Å². The first-order valence-corrected chi connectivity index (χ1v) is 8.84. The lowest BCUT2D eigenvalue weighted by atomic mass is 9.77. The molecule has 6 heteroatoms. The van der Waals surface area contributed by atoms with Gasteiger partial charge in [0.15, 0.2) is 0 Å². The first-order valence-electron chi connectivity index (χ1n) is 8.84. The van der Waals surface area contributed by atoms with E-state index < -0.39 is 6.09 Å². The van der Waals surface area contributed by atoms with E-state index in [2.05, 4.69) is 26.0 Å². The average Bonchev–Trinajstić information content (AvgIpc) is 2.72. The Morgan fingerprint density at radius 3 is 2.00 bits per heavy atom. The molecule has 1 fully saturated rings. The molecular formula is C19H30BNO4. The van der Waals surface area contributed by atoms with E-state index in [9.17, 15) is 4.79 Å². The van der Waals surface area contributed by atoms with Crippen LogP contribution in [-0.2, 0) is 9.31 Å². The van der Waals surface area contributed by atoms with Gasteiger partial charge in [-0.05, 0) is 44.6 Å². The number of nitrogens with zero attached hydrogens (tertiary/aromatic N) is 1. The van der Waals surface area contributed by atoms with Crippen molar-refractivity contribution in [3.8, 4) is 0 Å². The van der Waals surface area contributed by atoms with Gasteiger partial charge in [-0.2, -0.15) is 0 Å².